The fourth-order valence-corrected chi connectivity index (χ4v) is 6.31. The first-order valence-corrected chi connectivity index (χ1v) is 13.9. The Morgan fingerprint density at radius 2 is 1.71 bits per heavy atom. The number of allylic oxidation sites excluding steroid dienone is 1. The molecule has 2 unspecified atom stereocenters. The van der Waals surface area contributed by atoms with E-state index in [-0.39, 0.29) is 0 Å². The summed E-state index contributed by atoms with van der Waals surface area (Å²) in [6.07, 6.45) is 15.6. The van der Waals surface area contributed by atoms with E-state index < -0.39 is 17.4 Å². The van der Waals surface area contributed by atoms with Gasteiger partial charge in [-0.2, -0.15) is 0 Å². The second-order valence-corrected chi connectivity index (χ2v) is 11.0. The number of hydrogen-bond donors (Lipinski definition) is 0. The molecule has 0 nitrogen and oxygen atoms in total. The lowest BCUT2D eigenvalue weighted by molar-refractivity contribution is 0.180. The number of rotatable bonds is 11. The van der Waals surface area contributed by atoms with Crippen LogP contribution in [0.15, 0.2) is 61.2 Å². The van der Waals surface area contributed by atoms with E-state index >= 15 is 8.78 Å². The van der Waals surface area contributed by atoms with Crippen molar-refractivity contribution in [3.05, 3.63) is 82.8 Å². The minimum Gasteiger partial charge on any atom is -0.239 e. The van der Waals surface area contributed by atoms with Gasteiger partial charge < -0.3 is 0 Å². The van der Waals surface area contributed by atoms with Gasteiger partial charge in [0.25, 0.3) is 0 Å². The van der Waals surface area contributed by atoms with Gasteiger partial charge in [-0.25, -0.2) is 8.78 Å². The van der Waals surface area contributed by atoms with Crippen molar-refractivity contribution < 1.29 is 8.78 Å². The molecule has 2 heteroatoms. The molecule has 2 aromatic rings. The Hall–Kier alpha value is -2.22. The number of hydrogen-bond acceptors (Lipinski definition) is 0. The summed E-state index contributed by atoms with van der Waals surface area (Å²) in [5, 5.41) is 1.21. The van der Waals surface area contributed by atoms with Gasteiger partial charge in [-0.1, -0.05) is 93.3 Å². The first-order valence-electron chi connectivity index (χ1n) is 13.9. The van der Waals surface area contributed by atoms with Crippen LogP contribution in [-0.2, 0) is 6.42 Å². The Bertz CT molecular complexity index is 1070. The molecule has 1 fully saturated rings. The Morgan fingerprint density at radius 3 is 2.43 bits per heavy atom. The van der Waals surface area contributed by atoms with Crippen molar-refractivity contribution >= 4 is 11.9 Å². The third-order valence-corrected chi connectivity index (χ3v) is 8.60. The van der Waals surface area contributed by atoms with Crippen molar-refractivity contribution in [3.8, 4) is 0 Å². The lowest BCUT2D eigenvalue weighted by atomic mass is 9.71. The Balaban J connectivity index is 1.41. The molecule has 35 heavy (non-hydrogen) atoms. The predicted molar refractivity (Wildman–Crippen MR) is 145 cm³/mol. The SMILES string of the molecule is C=CCCC1(CCc2ccc(C3CCC(CCCCC)CC3)cc2)C=c2ccccc2=C(F)C1F. The molecule has 2 aliphatic carbocycles. The van der Waals surface area contributed by atoms with Crippen LogP contribution in [0.3, 0.4) is 0 Å². The standard InChI is InChI=1S/C33H42F2/c1-3-5-7-10-25-13-17-27(18-14-25)28-19-15-26(16-20-28)21-23-33(22-6-4-2)24-29-11-8-9-12-30(29)31(34)32(33)35/h4,8-9,11-12,15-16,19-20,24-25,27,32H,2-3,5-7,10,13-14,17-18,21-23H2,1H3. The molecule has 0 aliphatic heterocycles. The van der Waals surface area contributed by atoms with Crippen LogP contribution in [0.25, 0.3) is 11.9 Å². The normalized spacial score (nSPS) is 26.1. The summed E-state index contributed by atoms with van der Waals surface area (Å²) in [7, 11) is 0. The highest BCUT2D eigenvalue weighted by molar-refractivity contribution is 5.55. The highest BCUT2D eigenvalue weighted by atomic mass is 19.2. The molecule has 0 heterocycles. The molecule has 4 rings (SSSR count). The quantitative estimate of drug-likeness (QED) is 0.226. The first-order chi connectivity index (χ1) is 17.1. The maximum atomic E-state index is 15.6. The molecular formula is C33H42F2. The Morgan fingerprint density at radius 1 is 0.971 bits per heavy atom. The van der Waals surface area contributed by atoms with Gasteiger partial charge in [0.15, 0.2) is 6.17 Å². The molecule has 0 radical (unpaired) electrons. The van der Waals surface area contributed by atoms with Crippen molar-refractivity contribution in [2.24, 2.45) is 11.3 Å². The summed E-state index contributed by atoms with van der Waals surface area (Å²) in [5.41, 5.74) is 1.82. The third kappa shape index (κ3) is 6.13. The molecular weight excluding hydrogens is 434 g/mol. The fourth-order valence-electron chi connectivity index (χ4n) is 6.31. The van der Waals surface area contributed by atoms with Crippen molar-refractivity contribution in [1.29, 1.82) is 0 Å². The van der Waals surface area contributed by atoms with Crippen molar-refractivity contribution in [3.63, 3.8) is 0 Å². The average Bonchev–Trinajstić information content (AvgIpc) is 2.90. The maximum Gasteiger partial charge on any atom is 0.161 e. The van der Waals surface area contributed by atoms with E-state index in [2.05, 4.69) is 37.8 Å². The molecule has 1 saturated carbocycles. The van der Waals surface area contributed by atoms with Crippen LogP contribution in [0.5, 0.6) is 0 Å². The number of fused-ring (bicyclic) bond motifs is 1. The summed E-state index contributed by atoms with van der Waals surface area (Å²) >= 11 is 0. The van der Waals surface area contributed by atoms with E-state index in [4.69, 9.17) is 0 Å². The van der Waals surface area contributed by atoms with Crippen LogP contribution < -0.4 is 10.4 Å². The van der Waals surface area contributed by atoms with Gasteiger partial charge in [-0.15, -0.1) is 6.58 Å². The van der Waals surface area contributed by atoms with E-state index in [1.165, 1.54) is 62.5 Å². The fraction of sp³-hybridized carbons (Fsp3) is 0.515. The third-order valence-electron chi connectivity index (χ3n) is 8.60. The number of unbranched alkanes of at least 4 members (excludes halogenated alkanes) is 2. The monoisotopic (exact) mass is 476 g/mol. The Labute approximate surface area is 210 Å². The minimum atomic E-state index is -1.61. The second-order valence-electron chi connectivity index (χ2n) is 11.0. The summed E-state index contributed by atoms with van der Waals surface area (Å²) < 4.78 is 30.6. The zero-order chi connectivity index (χ0) is 24.7. The van der Waals surface area contributed by atoms with Crippen LogP contribution in [0.2, 0.25) is 0 Å². The van der Waals surface area contributed by atoms with Crippen LogP contribution in [-0.4, -0.2) is 6.17 Å². The molecule has 2 aliphatic rings. The van der Waals surface area contributed by atoms with Crippen molar-refractivity contribution in [2.45, 2.75) is 96.1 Å². The number of alkyl halides is 1. The molecule has 0 amide bonds. The maximum absolute atomic E-state index is 15.6. The zero-order valence-electron chi connectivity index (χ0n) is 21.5. The van der Waals surface area contributed by atoms with E-state index in [9.17, 15) is 0 Å². The smallest absolute Gasteiger partial charge is 0.161 e. The lowest BCUT2D eigenvalue weighted by Gasteiger charge is -2.35. The summed E-state index contributed by atoms with van der Waals surface area (Å²) in [6, 6.07) is 16.3. The van der Waals surface area contributed by atoms with Gasteiger partial charge in [0.2, 0.25) is 0 Å². The van der Waals surface area contributed by atoms with E-state index in [0.29, 0.717) is 30.4 Å². The van der Waals surface area contributed by atoms with Gasteiger partial charge >= 0.3 is 0 Å². The lowest BCUT2D eigenvalue weighted by Crippen LogP contribution is -2.43. The van der Waals surface area contributed by atoms with Crippen LogP contribution in [0.1, 0.15) is 94.6 Å². The first kappa shape index (κ1) is 25.9. The predicted octanol–water partition coefficient (Wildman–Crippen LogP) is 8.34. The largest absolute Gasteiger partial charge is 0.239 e. The van der Waals surface area contributed by atoms with Gasteiger partial charge in [-0.3, -0.25) is 0 Å². The molecule has 0 bridgehead atoms. The molecule has 2 aromatic carbocycles. The molecule has 0 aromatic heterocycles. The van der Waals surface area contributed by atoms with E-state index in [1.54, 1.807) is 12.1 Å². The highest BCUT2D eigenvalue weighted by Crippen LogP contribution is 2.43. The highest BCUT2D eigenvalue weighted by Gasteiger charge is 2.41. The van der Waals surface area contributed by atoms with Gasteiger partial charge in [0.05, 0.1) is 0 Å². The van der Waals surface area contributed by atoms with E-state index in [1.807, 2.05) is 24.3 Å². The van der Waals surface area contributed by atoms with Crippen LogP contribution >= 0.6 is 0 Å². The topological polar surface area (TPSA) is 0 Å². The second kappa shape index (κ2) is 12.2. The molecule has 0 N–H and O–H groups in total. The number of aryl methyl sites for hydroxylation is 1. The van der Waals surface area contributed by atoms with Crippen LogP contribution in [0.4, 0.5) is 8.78 Å². The van der Waals surface area contributed by atoms with Crippen molar-refractivity contribution in [1.82, 2.24) is 0 Å². The summed E-state index contributed by atoms with van der Waals surface area (Å²) in [5.74, 6) is 0.979. The molecule has 0 spiro atoms. The van der Waals surface area contributed by atoms with Gasteiger partial charge in [0.1, 0.15) is 5.83 Å². The van der Waals surface area contributed by atoms with Crippen LogP contribution in [0, 0.1) is 11.3 Å². The number of halogens is 2. The number of benzene rings is 2. The minimum absolute atomic E-state index is 0.402. The molecule has 0 saturated heterocycles. The average molecular weight is 477 g/mol. The van der Waals surface area contributed by atoms with E-state index in [0.717, 1.165) is 17.6 Å². The zero-order valence-corrected chi connectivity index (χ0v) is 21.5. The van der Waals surface area contributed by atoms with Gasteiger partial charge in [0, 0.05) is 10.6 Å². The molecule has 188 valence electrons. The van der Waals surface area contributed by atoms with Crippen molar-refractivity contribution in [2.75, 3.05) is 0 Å². The molecule has 2 atom stereocenters. The Kier molecular flexibility index (Phi) is 8.98. The summed E-state index contributed by atoms with van der Waals surface area (Å²) in [6.45, 7) is 6.10. The summed E-state index contributed by atoms with van der Waals surface area (Å²) in [4.78, 5) is 0. The van der Waals surface area contributed by atoms with Gasteiger partial charge in [-0.05, 0) is 79.5 Å².